The molecule has 1 atom stereocenters. The van der Waals surface area contributed by atoms with E-state index in [1.807, 2.05) is 34.6 Å². The lowest BCUT2D eigenvalue weighted by atomic mass is 9.90. The van der Waals surface area contributed by atoms with Crippen molar-refractivity contribution in [2.75, 3.05) is 7.05 Å². The Labute approximate surface area is 103 Å². The van der Waals surface area contributed by atoms with Gasteiger partial charge in [-0.3, -0.25) is 4.79 Å². The van der Waals surface area contributed by atoms with E-state index in [4.69, 9.17) is 4.74 Å². The van der Waals surface area contributed by atoms with Gasteiger partial charge in [-0.1, -0.05) is 13.8 Å². The molecule has 0 aromatic carbocycles. The first-order chi connectivity index (χ1) is 7.53. The normalized spacial score (nSPS) is 23.6. The summed E-state index contributed by atoms with van der Waals surface area (Å²) in [5.74, 6) is 0.220. The minimum Gasteiger partial charge on any atom is -0.444 e. The van der Waals surface area contributed by atoms with Crippen molar-refractivity contribution in [1.82, 2.24) is 4.90 Å². The molecular formula is C13H23NO3. The van der Waals surface area contributed by atoms with Crippen molar-refractivity contribution < 1.29 is 14.3 Å². The molecule has 0 saturated heterocycles. The van der Waals surface area contributed by atoms with Crippen LogP contribution in [0.25, 0.3) is 0 Å². The summed E-state index contributed by atoms with van der Waals surface area (Å²) in [7, 11) is 1.70. The Bertz CT molecular complexity index is 328. The fourth-order valence-corrected chi connectivity index (χ4v) is 2.02. The molecule has 1 rings (SSSR count). The standard InChI is InChI=1S/C13H23NO3/c1-12(2,3)17-11(16)14(6)9-7-10(15)13(4,5)8-9/h9H,7-8H2,1-6H3. The summed E-state index contributed by atoms with van der Waals surface area (Å²) >= 11 is 0. The fourth-order valence-electron chi connectivity index (χ4n) is 2.02. The lowest BCUT2D eigenvalue weighted by molar-refractivity contribution is -0.124. The van der Waals surface area contributed by atoms with Crippen LogP contribution in [0.5, 0.6) is 0 Å². The lowest BCUT2D eigenvalue weighted by Gasteiger charge is -2.28. The highest BCUT2D eigenvalue weighted by Gasteiger charge is 2.42. The molecule has 0 N–H and O–H groups in total. The molecule has 1 amide bonds. The van der Waals surface area contributed by atoms with E-state index in [1.54, 1.807) is 11.9 Å². The van der Waals surface area contributed by atoms with Gasteiger partial charge in [0.25, 0.3) is 0 Å². The smallest absolute Gasteiger partial charge is 0.410 e. The van der Waals surface area contributed by atoms with Gasteiger partial charge in [0, 0.05) is 24.9 Å². The van der Waals surface area contributed by atoms with Crippen LogP contribution >= 0.6 is 0 Å². The largest absolute Gasteiger partial charge is 0.444 e. The van der Waals surface area contributed by atoms with Crippen LogP contribution in [0.1, 0.15) is 47.5 Å². The number of hydrogen-bond acceptors (Lipinski definition) is 3. The molecule has 4 heteroatoms. The number of nitrogens with zero attached hydrogens (tertiary/aromatic N) is 1. The molecule has 0 radical (unpaired) electrons. The lowest BCUT2D eigenvalue weighted by Crippen LogP contribution is -2.40. The maximum absolute atomic E-state index is 11.9. The Morgan fingerprint density at radius 3 is 2.29 bits per heavy atom. The Balaban J connectivity index is 2.64. The molecule has 1 saturated carbocycles. The van der Waals surface area contributed by atoms with E-state index >= 15 is 0 Å². The van der Waals surface area contributed by atoms with E-state index < -0.39 is 5.60 Å². The molecule has 17 heavy (non-hydrogen) atoms. The van der Waals surface area contributed by atoms with Crippen LogP contribution in [0.4, 0.5) is 4.79 Å². The van der Waals surface area contributed by atoms with Crippen molar-refractivity contribution in [3.05, 3.63) is 0 Å². The van der Waals surface area contributed by atoms with Gasteiger partial charge in [0.2, 0.25) is 0 Å². The van der Waals surface area contributed by atoms with Crippen LogP contribution in [0.2, 0.25) is 0 Å². The van der Waals surface area contributed by atoms with Gasteiger partial charge in [0.15, 0.2) is 0 Å². The number of ketones is 1. The molecule has 4 nitrogen and oxygen atoms in total. The zero-order chi connectivity index (χ0) is 13.4. The third-order valence-electron chi connectivity index (χ3n) is 3.15. The van der Waals surface area contributed by atoms with Gasteiger partial charge in [-0.25, -0.2) is 4.79 Å². The van der Waals surface area contributed by atoms with E-state index in [1.165, 1.54) is 0 Å². The third-order valence-corrected chi connectivity index (χ3v) is 3.15. The number of ether oxygens (including phenoxy) is 1. The first kappa shape index (κ1) is 14.0. The summed E-state index contributed by atoms with van der Waals surface area (Å²) in [6.45, 7) is 9.37. The highest BCUT2D eigenvalue weighted by molar-refractivity contribution is 5.87. The molecule has 1 aliphatic carbocycles. The van der Waals surface area contributed by atoms with Gasteiger partial charge in [-0.05, 0) is 27.2 Å². The minimum absolute atomic E-state index is 0.0349. The molecule has 98 valence electrons. The van der Waals surface area contributed by atoms with Gasteiger partial charge >= 0.3 is 6.09 Å². The van der Waals surface area contributed by atoms with E-state index in [9.17, 15) is 9.59 Å². The molecule has 0 aromatic heterocycles. The third kappa shape index (κ3) is 3.45. The van der Waals surface area contributed by atoms with Gasteiger partial charge in [0.05, 0.1) is 0 Å². The van der Waals surface area contributed by atoms with Gasteiger partial charge in [-0.15, -0.1) is 0 Å². The summed E-state index contributed by atoms with van der Waals surface area (Å²) in [6.07, 6.45) is 0.789. The van der Waals surface area contributed by atoms with E-state index in [2.05, 4.69) is 0 Å². The average Bonchev–Trinajstić information content (AvgIpc) is 2.37. The Morgan fingerprint density at radius 2 is 1.94 bits per heavy atom. The summed E-state index contributed by atoms with van der Waals surface area (Å²) in [5, 5.41) is 0. The Kier molecular flexibility index (Phi) is 3.55. The predicted octanol–water partition coefficient (Wildman–Crippen LogP) is 2.61. The van der Waals surface area contributed by atoms with Crippen molar-refractivity contribution in [2.45, 2.75) is 59.1 Å². The summed E-state index contributed by atoms with van der Waals surface area (Å²) < 4.78 is 5.29. The fraction of sp³-hybridized carbons (Fsp3) is 0.846. The quantitative estimate of drug-likeness (QED) is 0.709. The molecular weight excluding hydrogens is 218 g/mol. The van der Waals surface area contributed by atoms with Crippen LogP contribution in [0, 0.1) is 5.41 Å². The summed E-state index contributed by atoms with van der Waals surface area (Å²) in [5.41, 5.74) is -0.815. The molecule has 0 aromatic rings. The van der Waals surface area contributed by atoms with Crippen LogP contribution < -0.4 is 0 Å². The Morgan fingerprint density at radius 1 is 1.41 bits per heavy atom. The zero-order valence-electron chi connectivity index (χ0n) is 11.7. The first-order valence-corrected chi connectivity index (χ1v) is 6.02. The van der Waals surface area contributed by atoms with Crippen molar-refractivity contribution in [1.29, 1.82) is 0 Å². The number of Topliss-reactive ketones (excluding diaryl/α,β-unsaturated/α-hetero) is 1. The zero-order valence-corrected chi connectivity index (χ0v) is 11.7. The van der Waals surface area contributed by atoms with E-state index in [0.717, 1.165) is 0 Å². The van der Waals surface area contributed by atoms with Crippen LogP contribution in [-0.2, 0) is 9.53 Å². The van der Waals surface area contributed by atoms with Crippen molar-refractivity contribution in [3.63, 3.8) is 0 Å². The molecule has 0 heterocycles. The second kappa shape index (κ2) is 4.31. The number of rotatable bonds is 1. The topological polar surface area (TPSA) is 46.6 Å². The monoisotopic (exact) mass is 241 g/mol. The van der Waals surface area contributed by atoms with Gasteiger partial charge in [-0.2, -0.15) is 0 Å². The van der Waals surface area contributed by atoms with Gasteiger partial charge < -0.3 is 9.64 Å². The number of amides is 1. The summed E-state index contributed by atoms with van der Waals surface area (Å²) in [6, 6.07) is -0.0349. The van der Waals surface area contributed by atoms with E-state index in [-0.39, 0.29) is 23.3 Å². The second-order valence-corrected chi connectivity index (χ2v) is 6.46. The van der Waals surface area contributed by atoms with Crippen molar-refractivity contribution >= 4 is 11.9 Å². The predicted molar refractivity (Wildman–Crippen MR) is 65.8 cm³/mol. The highest BCUT2D eigenvalue weighted by atomic mass is 16.6. The number of hydrogen-bond donors (Lipinski definition) is 0. The molecule has 0 bridgehead atoms. The summed E-state index contributed by atoms with van der Waals surface area (Å²) in [4.78, 5) is 25.1. The molecule has 0 spiro atoms. The number of carbonyl (C=O) groups is 2. The average molecular weight is 241 g/mol. The van der Waals surface area contributed by atoms with Crippen molar-refractivity contribution in [3.8, 4) is 0 Å². The maximum Gasteiger partial charge on any atom is 0.410 e. The van der Waals surface area contributed by atoms with Crippen LogP contribution in [0.15, 0.2) is 0 Å². The van der Waals surface area contributed by atoms with E-state index in [0.29, 0.717) is 12.8 Å². The molecule has 0 aliphatic heterocycles. The Hall–Kier alpha value is -1.06. The van der Waals surface area contributed by atoms with Gasteiger partial charge in [0.1, 0.15) is 11.4 Å². The maximum atomic E-state index is 11.9. The molecule has 1 unspecified atom stereocenters. The minimum atomic E-state index is -0.497. The van der Waals surface area contributed by atoms with Crippen molar-refractivity contribution in [2.24, 2.45) is 5.41 Å². The SMILES string of the molecule is CN(C(=O)OC(C)(C)C)C1CC(=O)C(C)(C)C1. The van der Waals surface area contributed by atoms with Crippen LogP contribution in [-0.4, -0.2) is 35.5 Å². The molecule has 1 fully saturated rings. The second-order valence-electron chi connectivity index (χ2n) is 6.46. The van der Waals surface area contributed by atoms with Crippen LogP contribution in [0.3, 0.4) is 0 Å². The highest BCUT2D eigenvalue weighted by Crippen LogP contribution is 2.36. The molecule has 1 aliphatic rings. The number of carbonyl (C=O) groups excluding carboxylic acids is 2. The first-order valence-electron chi connectivity index (χ1n) is 6.02.